The average Bonchev–Trinajstić information content (AvgIpc) is 3.33. The molecule has 1 aliphatic rings. The summed E-state index contributed by atoms with van der Waals surface area (Å²) < 4.78 is 7.14. The molecule has 6 nitrogen and oxygen atoms in total. The van der Waals surface area contributed by atoms with Gasteiger partial charge < -0.3 is 15.2 Å². The number of hydrogen-bond acceptors (Lipinski definition) is 4. The van der Waals surface area contributed by atoms with E-state index in [-0.39, 0.29) is 18.2 Å². The molecule has 1 saturated carbocycles. The van der Waals surface area contributed by atoms with Gasteiger partial charge in [0.15, 0.2) is 0 Å². The number of aliphatic hydroxyl groups is 1. The number of fused-ring (bicyclic) bond motifs is 1. The normalized spacial score (nSPS) is 18.5. The molecule has 2 N–H and O–H groups in total. The predicted octanol–water partition coefficient (Wildman–Crippen LogP) is 6.04. The summed E-state index contributed by atoms with van der Waals surface area (Å²) in [6, 6.07) is 33.8. The summed E-state index contributed by atoms with van der Waals surface area (Å²) in [6.07, 6.45) is 1.46. The lowest BCUT2D eigenvalue weighted by atomic mass is 9.66. The molecular weight excluding hydrogens is 486 g/mol. The maximum atomic E-state index is 13.3. The maximum absolute atomic E-state index is 13.3. The Bertz CT molecular complexity index is 1600. The van der Waals surface area contributed by atoms with Crippen LogP contribution in [0, 0.1) is 0 Å². The second kappa shape index (κ2) is 10.4. The minimum Gasteiger partial charge on any atom is -0.497 e. The van der Waals surface area contributed by atoms with E-state index in [0.29, 0.717) is 25.2 Å². The van der Waals surface area contributed by atoms with Crippen molar-refractivity contribution in [2.45, 2.75) is 37.3 Å². The summed E-state index contributed by atoms with van der Waals surface area (Å²) in [7, 11) is 1.65. The molecule has 196 valence electrons. The molecule has 1 aromatic heterocycles. The van der Waals surface area contributed by atoms with Crippen LogP contribution in [-0.2, 0) is 23.4 Å². The molecule has 0 radical (unpaired) electrons. The Labute approximate surface area is 227 Å². The van der Waals surface area contributed by atoms with E-state index in [9.17, 15) is 9.90 Å². The summed E-state index contributed by atoms with van der Waals surface area (Å²) >= 11 is 0. The monoisotopic (exact) mass is 517 g/mol. The van der Waals surface area contributed by atoms with E-state index in [4.69, 9.17) is 9.84 Å². The molecule has 39 heavy (non-hydrogen) atoms. The number of amides is 1. The molecule has 1 fully saturated rings. The van der Waals surface area contributed by atoms with Gasteiger partial charge in [-0.05, 0) is 52.4 Å². The van der Waals surface area contributed by atoms with Gasteiger partial charge in [-0.15, -0.1) is 0 Å². The first-order valence-electron chi connectivity index (χ1n) is 13.3. The van der Waals surface area contributed by atoms with Crippen molar-refractivity contribution in [2.24, 2.45) is 0 Å². The molecule has 0 aliphatic heterocycles. The highest BCUT2D eigenvalue weighted by molar-refractivity contribution is 5.95. The summed E-state index contributed by atoms with van der Waals surface area (Å²) in [5.74, 6) is 1.46. The molecule has 0 atom stereocenters. The second-order valence-electron chi connectivity index (χ2n) is 10.3. The van der Waals surface area contributed by atoms with Crippen molar-refractivity contribution in [3.63, 3.8) is 0 Å². The highest BCUT2D eigenvalue weighted by Gasteiger charge is 2.45. The zero-order chi connectivity index (χ0) is 26.8. The summed E-state index contributed by atoms with van der Waals surface area (Å²) in [4.78, 5) is 13.3. The van der Waals surface area contributed by atoms with Crippen molar-refractivity contribution >= 4 is 22.5 Å². The smallest absolute Gasteiger partial charge is 0.229 e. The highest BCUT2D eigenvalue weighted by atomic mass is 16.5. The van der Waals surface area contributed by atoms with Crippen LogP contribution in [0.5, 0.6) is 5.75 Å². The van der Waals surface area contributed by atoms with E-state index >= 15 is 0 Å². The molecule has 5 aromatic rings. The molecule has 1 amide bonds. The van der Waals surface area contributed by atoms with Gasteiger partial charge in [0.25, 0.3) is 0 Å². The topological polar surface area (TPSA) is 76.4 Å². The maximum Gasteiger partial charge on any atom is 0.229 e. The first-order chi connectivity index (χ1) is 19.0. The first kappa shape index (κ1) is 24.9. The summed E-state index contributed by atoms with van der Waals surface area (Å²) in [5.41, 5.74) is 3.00. The van der Waals surface area contributed by atoms with Gasteiger partial charge in [-0.25, -0.2) is 4.68 Å². The fourth-order valence-electron chi connectivity index (χ4n) is 5.52. The molecule has 6 heteroatoms. The number of hydrogen-bond donors (Lipinski definition) is 2. The number of carbonyl (C=O) groups excluding carboxylic acids is 1. The molecule has 1 heterocycles. The lowest BCUT2D eigenvalue weighted by Gasteiger charge is -2.43. The van der Waals surface area contributed by atoms with Crippen LogP contribution >= 0.6 is 0 Å². The number of nitrogens with zero attached hydrogens (tertiary/aromatic N) is 2. The molecule has 0 spiro atoms. The van der Waals surface area contributed by atoms with Gasteiger partial charge >= 0.3 is 0 Å². The quantitative estimate of drug-likeness (QED) is 0.263. The van der Waals surface area contributed by atoms with Crippen LogP contribution < -0.4 is 10.1 Å². The Morgan fingerprint density at radius 3 is 2.46 bits per heavy atom. The second-order valence-corrected chi connectivity index (χ2v) is 10.3. The van der Waals surface area contributed by atoms with Crippen LogP contribution in [0.4, 0.5) is 5.82 Å². The minimum absolute atomic E-state index is 0.0943. The van der Waals surface area contributed by atoms with E-state index in [1.807, 2.05) is 89.6 Å². The number of methoxy groups -OCH3 is 1. The molecule has 0 unspecified atom stereocenters. The fourth-order valence-corrected chi connectivity index (χ4v) is 5.52. The Morgan fingerprint density at radius 1 is 0.974 bits per heavy atom. The molecule has 0 saturated heterocycles. The van der Waals surface area contributed by atoms with Gasteiger partial charge in [-0.1, -0.05) is 84.9 Å². The lowest BCUT2D eigenvalue weighted by Crippen LogP contribution is -2.39. The van der Waals surface area contributed by atoms with Crippen molar-refractivity contribution < 1.29 is 14.6 Å². The van der Waals surface area contributed by atoms with Crippen molar-refractivity contribution in [1.82, 2.24) is 9.78 Å². The number of ether oxygens (including phenoxy) is 1. The third kappa shape index (κ3) is 5.16. The minimum atomic E-state index is -0.844. The van der Waals surface area contributed by atoms with E-state index in [0.717, 1.165) is 38.9 Å². The third-order valence-electron chi connectivity index (χ3n) is 7.69. The van der Waals surface area contributed by atoms with Crippen LogP contribution in [0.25, 0.3) is 10.8 Å². The third-order valence-corrected chi connectivity index (χ3v) is 7.69. The summed E-state index contributed by atoms with van der Waals surface area (Å²) in [5, 5.41) is 21.4. The SMILES string of the molecule is COc1ccc(Cn2nc(C3CC(O)(c4ccccc4)C3)cc2NC(=O)Cc2cccc3ccccc23)cc1. The number of benzene rings is 4. The van der Waals surface area contributed by atoms with Gasteiger partial charge in [0.2, 0.25) is 5.91 Å². The van der Waals surface area contributed by atoms with Crippen molar-refractivity contribution in [1.29, 1.82) is 0 Å². The lowest BCUT2D eigenvalue weighted by molar-refractivity contribution is -0.115. The Balaban J connectivity index is 1.24. The number of nitrogens with one attached hydrogen (secondary N) is 1. The van der Waals surface area contributed by atoms with Crippen LogP contribution in [0.15, 0.2) is 103 Å². The largest absolute Gasteiger partial charge is 0.497 e. The van der Waals surface area contributed by atoms with E-state index in [2.05, 4.69) is 23.5 Å². The number of anilines is 1. The van der Waals surface area contributed by atoms with Crippen molar-refractivity contribution in [2.75, 3.05) is 12.4 Å². The van der Waals surface area contributed by atoms with Crippen molar-refractivity contribution in [3.8, 4) is 5.75 Å². The Hall–Kier alpha value is -4.42. The number of carbonyl (C=O) groups is 1. The van der Waals surface area contributed by atoms with Crippen molar-refractivity contribution in [3.05, 3.63) is 126 Å². The fraction of sp³-hybridized carbons (Fsp3) is 0.212. The van der Waals surface area contributed by atoms with Crippen LogP contribution in [0.1, 0.15) is 41.1 Å². The van der Waals surface area contributed by atoms with Gasteiger partial charge in [0.1, 0.15) is 11.6 Å². The first-order valence-corrected chi connectivity index (χ1v) is 13.3. The summed E-state index contributed by atoms with van der Waals surface area (Å²) in [6.45, 7) is 0.504. The van der Waals surface area contributed by atoms with Gasteiger partial charge in [0.05, 0.1) is 31.4 Å². The molecule has 0 bridgehead atoms. The standard InChI is InChI=1S/C33H31N3O3/c1-39-28-16-14-23(15-17-28)22-36-31(34-32(37)18-25-10-7-9-24-8-5-6-13-29(24)25)19-30(35-36)26-20-33(38,21-26)27-11-3-2-4-12-27/h2-17,19,26,38H,18,20-22H2,1H3,(H,34,37). The molecule has 4 aromatic carbocycles. The van der Waals surface area contributed by atoms with Gasteiger partial charge in [0, 0.05) is 12.0 Å². The van der Waals surface area contributed by atoms with Crippen LogP contribution in [0.2, 0.25) is 0 Å². The van der Waals surface area contributed by atoms with Crippen LogP contribution in [-0.4, -0.2) is 27.9 Å². The predicted molar refractivity (Wildman–Crippen MR) is 153 cm³/mol. The highest BCUT2D eigenvalue weighted by Crippen LogP contribution is 2.50. The molecular formula is C33H31N3O3. The van der Waals surface area contributed by atoms with E-state index in [1.165, 1.54) is 0 Å². The van der Waals surface area contributed by atoms with E-state index < -0.39 is 5.60 Å². The Morgan fingerprint density at radius 2 is 1.69 bits per heavy atom. The molecule has 6 rings (SSSR count). The zero-order valence-corrected chi connectivity index (χ0v) is 21.9. The Kier molecular flexibility index (Phi) is 6.63. The van der Waals surface area contributed by atoms with Crippen LogP contribution in [0.3, 0.4) is 0 Å². The molecule has 1 aliphatic carbocycles. The zero-order valence-electron chi connectivity index (χ0n) is 21.9. The number of aromatic nitrogens is 2. The number of rotatable bonds is 8. The van der Waals surface area contributed by atoms with Gasteiger partial charge in [-0.2, -0.15) is 5.10 Å². The van der Waals surface area contributed by atoms with E-state index in [1.54, 1.807) is 7.11 Å². The average molecular weight is 518 g/mol. The van der Waals surface area contributed by atoms with Gasteiger partial charge in [-0.3, -0.25) is 4.79 Å².